The highest BCUT2D eigenvalue weighted by molar-refractivity contribution is 5.94. The number of carboxylic acid groups (broad SMARTS) is 1. The van der Waals surface area contributed by atoms with Crippen LogP contribution in [0.4, 0.5) is 0 Å². The summed E-state index contributed by atoms with van der Waals surface area (Å²) in [5, 5.41) is 23.4. The van der Waals surface area contributed by atoms with E-state index in [4.69, 9.17) is 10.8 Å². The first kappa shape index (κ1) is 21.8. The molecule has 1 rings (SSSR count). The van der Waals surface area contributed by atoms with E-state index in [1.54, 1.807) is 13.8 Å². The summed E-state index contributed by atoms with van der Waals surface area (Å²) in [6.07, 6.45) is -0.173. The number of amides is 3. The maximum absolute atomic E-state index is 12.6. The first-order valence-electron chi connectivity index (χ1n) is 8.61. The van der Waals surface area contributed by atoms with Crippen LogP contribution < -0.4 is 16.4 Å². The van der Waals surface area contributed by atoms with Crippen LogP contribution in [0.3, 0.4) is 0 Å². The first-order chi connectivity index (χ1) is 12.1. The van der Waals surface area contributed by atoms with Gasteiger partial charge in [-0.25, -0.2) is 4.79 Å². The van der Waals surface area contributed by atoms with E-state index < -0.39 is 42.0 Å². The van der Waals surface area contributed by atoms with Gasteiger partial charge in [-0.3, -0.25) is 14.4 Å². The predicted molar refractivity (Wildman–Crippen MR) is 91.8 cm³/mol. The molecule has 0 bridgehead atoms. The van der Waals surface area contributed by atoms with Crippen LogP contribution in [0.2, 0.25) is 0 Å². The fourth-order valence-electron chi connectivity index (χ4n) is 2.87. The van der Waals surface area contributed by atoms with Crippen molar-refractivity contribution in [3.05, 3.63) is 0 Å². The summed E-state index contributed by atoms with van der Waals surface area (Å²) in [5.74, 6) is -3.24. The summed E-state index contributed by atoms with van der Waals surface area (Å²) in [7, 11) is 0. The molecule has 10 heteroatoms. The number of carboxylic acids is 1. The molecule has 1 aliphatic rings. The number of aliphatic hydroxyl groups is 1. The first-order valence-corrected chi connectivity index (χ1v) is 8.61. The van der Waals surface area contributed by atoms with Crippen molar-refractivity contribution in [3.63, 3.8) is 0 Å². The fraction of sp³-hybridized carbons (Fsp3) is 0.750. The zero-order valence-corrected chi connectivity index (χ0v) is 15.3. The Morgan fingerprint density at radius 2 is 1.77 bits per heavy atom. The second kappa shape index (κ2) is 9.48. The fourth-order valence-corrected chi connectivity index (χ4v) is 2.87. The van der Waals surface area contributed by atoms with E-state index in [-0.39, 0.29) is 18.4 Å². The highest BCUT2D eigenvalue weighted by Crippen LogP contribution is 2.18. The molecule has 0 aliphatic carbocycles. The Morgan fingerprint density at radius 3 is 2.23 bits per heavy atom. The van der Waals surface area contributed by atoms with Crippen molar-refractivity contribution >= 4 is 23.7 Å². The molecule has 3 amide bonds. The summed E-state index contributed by atoms with van der Waals surface area (Å²) in [6, 6.07) is -3.19. The molecule has 4 atom stereocenters. The molecule has 0 spiro atoms. The molecular weight excluding hydrogens is 344 g/mol. The monoisotopic (exact) mass is 372 g/mol. The minimum atomic E-state index is -1.48. The van der Waals surface area contributed by atoms with Crippen molar-refractivity contribution in [2.75, 3.05) is 13.1 Å². The molecule has 26 heavy (non-hydrogen) atoms. The summed E-state index contributed by atoms with van der Waals surface area (Å²) >= 11 is 0. The third-order valence-corrected chi connectivity index (χ3v) is 4.34. The van der Waals surface area contributed by atoms with Crippen molar-refractivity contribution in [2.45, 2.75) is 57.8 Å². The lowest BCUT2D eigenvalue weighted by Crippen LogP contribution is -2.58. The van der Waals surface area contributed by atoms with Crippen LogP contribution in [0.1, 0.15) is 33.6 Å². The highest BCUT2D eigenvalue weighted by Gasteiger charge is 2.37. The van der Waals surface area contributed by atoms with E-state index in [2.05, 4.69) is 10.6 Å². The lowest BCUT2D eigenvalue weighted by Gasteiger charge is -2.28. The van der Waals surface area contributed by atoms with Gasteiger partial charge in [-0.1, -0.05) is 13.8 Å². The van der Waals surface area contributed by atoms with Crippen molar-refractivity contribution in [2.24, 2.45) is 11.7 Å². The van der Waals surface area contributed by atoms with E-state index >= 15 is 0 Å². The van der Waals surface area contributed by atoms with E-state index in [1.165, 1.54) is 11.8 Å². The molecule has 148 valence electrons. The van der Waals surface area contributed by atoms with Crippen molar-refractivity contribution < 1.29 is 29.4 Å². The summed E-state index contributed by atoms with van der Waals surface area (Å²) in [4.78, 5) is 49.3. The summed E-state index contributed by atoms with van der Waals surface area (Å²) < 4.78 is 0. The molecule has 1 heterocycles. The van der Waals surface area contributed by atoms with Gasteiger partial charge in [-0.15, -0.1) is 0 Å². The Morgan fingerprint density at radius 1 is 1.15 bits per heavy atom. The third-order valence-electron chi connectivity index (χ3n) is 4.34. The number of hydrogen-bond donors (Lipinski definition) is 5. The zero-order chi connectivity index (χ0) is 20.0. The van der Waals surface area contributed by atoms with Gasteiger partial charge >= 0.3 is 5.97 Å². The molecule has 0 radical (unpaired) electrons. The minimum absolute atomic E-state index is 0.202. The van der Waals surface area contributed by atoms with Crippen LogP contribution in [0, 0.1) is 5.92 Å². The average Bonchev–Trinajstić information content (AvgIpc) is 3.05. The van der Waals surface area contributed by atoms with Gasteiger partial charge in [-0.2, -0.15) is 0 Å². The van der Waals surface area contributed by atoms with Crippen molar-refractivity contribution in [1.82, 2.24) is 15.5 Å². The topological polar surface area (TPSA) is 162 Å². The molecule has 0 aromatic rings. The van der Waals surface area contributed by atoms with Gasteiger partial charge < -0.3 is 31.5 Å². The van der Waals surface area contributed by atoms with Crippen LogP contribution in [0.25, 0.3) is 0 Å². The highest BCUT2D eigenvalue weighted by atomic mass is 16.4. The predicted octanol–water partition coefficient (Wildman–Crippen LogP) is -1.97. The Balaban J connectivity index is 2.84. The maximum Gasteiger partial charge on any atom is 0.328 e. The molecule has 0 aromatic carbocycles. The number of nitrogens with two attached hydrogens (primary N) is 1. The van der Waals surface area contributed by atoms with Crippen LogP contribution in [-0.2, 0) is 19.2 Å². The Labute approximate surface area is 152 Å². The van der Waals surface area contributed by atoms with E-state index in [0.29, 0.717) is 19.4 Å². The van der Waals surface area contributed by atoms with Crippen molar-refractivity contribution in [3.8, 4) is 0 Å². The van der Waals surface area contributed by atoms with Crippen LogP contribution >= 0.6 is 0 Å². The molecule has 1 fully saturated rings. The number of nitrogens with zero attached hydrogens (tertiary/aromatic N) is 1. The summed E-state index contributed by atoms with van der Waals surface area (Å²) in [5.41, 5.74) is 5.36. The van der Waals surface area contributed by atoms with Gasteiger partial charge in [0, 0.05) is 6.54 Å². The van der Waals surface area contributed by atoms with Gasteiger partial charge in [0.25, 0.3) is 0 Å². The smallest absolute Gasteiger partial charge is 0.328 e. The van der Waals surface area contributed by atoms with E-state index in [9.17, 15) is 24.3 Å². The van der Waals surface area contributed by atoms with Gasteiger partial charge in [0.15, 0.2) is 6.04 Å². The number of aliphatic carboxylic acids is 1. The Kier molecular flexibility index (Phi) is 7.97. The number of aliphatic hydroxyl groups excluding tert-OH is 1. The van der Waals surface area contributed by atoms with Crippen LogP contribution in [0.15, 0.2) is 0 Å². The van der Waals surface area contributed by atoms with Gasteiger partial charge in [0.1, 0.15) is 12.1 Å². The number of hydrogen-bond acceptors (Lipinski definition) is 6. The maximum atomic E-state index is 12.6. The second-order valence-electron chi connectivity index (χ2n) is 6.74. The lowest BCUT2D eigenvalue weighted by atomic mass is 10.0. The number of rotatable bonds is 8. The minimum Gasteiger partial charge on any atom is -0.480 e. The molecule has 0 saturated carbocycles. The Bertz CT molecular complexity index is 551. The quantitative estimate of drug-likeness (QED) is 0.330. The van der Waals surface area contributed by atoms with E-state index in [0.717, 1.165) is 0 Å². The number of carbonyl (C=O) groups excluding carboxylic acids is 3. The van der Waals surface area contributed by atoms with Crippen molar-refractivity contribution in [1.29, 1.82) is 0 Å². The number of likely N-dealkylation sites (tertiary alicyclic amines) is 1. The second-order valence-corrected chi connectivity index (χ2v) is 6.74. The van der Waals surface area contributed by atoms with Crippen LogP contribution in [-0.4, -0.2) is 76.1 Å². The van der Waals surface area contributed by atoms with Gasteiger partial charge in [-0.05, 0) is 25.7 Å². The molecule has 4 unspecified atom stereocenters. The number of nitrogens with one attached hydrogen (secondary N) is 2. The SMILES string of the molecule is CC(C)C(NC(=O)C1CCCN1C(=O)CN)C(=O)NC(C(=O)O)C(C)O. The van der Waals surface area contributed by atoms with E-state index in [1.807, 2.05) is 0 Å². The molecule has 10 nitrogen and oxygen atoms in total. The molecular formula is C16H28N4O6. The van der Waals surface area contributed by atoms with Crippen LogP contribution in [0.5, 0.6) is 0 Å². The molecule has 1 aliphatic heterocycles. The molecule has 0 aromatic heterocycles. The normalized spacial score (nSPS) is 20.4. The van der Waals surface area contributed by atoms with Gasteiger partial charge in [0.05, 0.1) is 12.6 Å². The van der Waals surface area contributed by atoms with Gasteiger partial charge in [0.2, 0.25) is 17.7 Å². The summed E-state index contributed by atoms with van der Waals surface area (Å²) in [6.45, 7) is 4.86. The molecule has 1 saturated heterocycles. The number of carbonyl (C=O) groups is 4. The molecule has 6 N–H and O–H groups in total. The standard InChI is InChI=1S/C16H28N4O6/c1-8(2)12(15(24)19-13(9(3)21)16(25)26)18-14(23)10-5-4-6-20(10)11(22)7-17/h8-10,12-13,21H,4-7,17H2,1-3H3,(H,18,23)(H,19,24)(H,25,26). The lowest BCUT2D eigenvalue weighted by molar-refractivity contribution is -0.145. The zero-order valence-electron chi connectivity index (χ0n) is 15.3. The third kappa shape index (κ3) is 5.40. The largest absolute Gasteiger partial charge is 0.480 e. The average molecular weight is 372 g/mol. The Hall–Kier alpha value is -2.20.